The van der Waals surface area contributed by atoms with Crippen LogP contribution in [0.3, 0.4) is 0 Å². The molecule has 2 rings (SSSR count). The Labute approximate surface area is 119 Å². The number of benzene rings is 1. The van der Waals surface area contributed by atoms with Gasteiger partial charge in [-0.25, -0.2) is 4.79 Å². The van der Waals surface area contributed by atoms with Crippen molar-refractivity contribution in [1.29, 1.82) is 0 Å². The number of nitrogens with zero attached hydrogens (tertiary/aromatic N) is 1. The van der Waals surface area contributed by atoms with Crippen molar-refractivity contribution >= 4 is 11.7 Å². The fourth-order valence-electron chi connectivity index (χ4n) is 2.76. The van der Waals surface area contributed by atoms with Crippen molar-refractivity contribution in [3.8, 4) is 5.75 Å². The number of carboxylic acid groups (broad SMARTS) is 1. The quantitative estimate of drug-likeness (QED) is 0.826. The van der Waals surface area contributed by atoms with Gasteiger partial charge in [-0.2, -0.15) is 0 Å². The van der Waals surface area contributed by atoms with E-state index in [1.807, 2.05) is 6.92 Å². The third-order valence-electron chi connectivity index (χ3n) is 3.94. The number of rotatable bonds is 4. The van der Waals surface area contributed by atoms with E-state index in [2.05, 4.69) is 11.9 Å². The van der Waals surface area contributed by atoms with Crippen LogP contribution in [0.1, 0.15) is 36.5 Å². The number of nitrogens with two attached hydrogens (primary N) is 1. The maximum atomic E-state index is 10.9. The molecule has 1 aliphatic rings. The van der Waals surface area contributed by atoms with Crippen molar-refractivity contribution in [2.24, 2.45) is 0 Å². The van der Waals surface area contributed by atoms with Gasteiger partial charge in [0.25, 0.3) is 0 Å². The summed E-state index contributed by atoms with van der Waals surface area (Å²) < 4.78 is 5.93. The minimum atomic E-state index is -0.983. The molecule has 20 heavy (non-hydrogen) atoms. The number of anilines is 1. The zero-order valence-corrected chi connectivity index (χ0v) is 12.0. The first-order valence-corrected chi connectivity index (χ1v) is 6.98. The second-order valence-electron chi connectivity index (χ2n) is 5.42. The van der Waals surface area contributed by atoms with E-state index in [4.69, 9.17) is 15.6 Å². The van der Waals surface area contributed by atoms with E-state index < -0.39 is 5.97 Å². The van der Waals surface area contributed by atoms with E-state index in [0.717, 1.165) is 13.0 Å². The van der Waals surface area contributed by atoms with Crippen molar-refractivity contribution in [3.05, 3.63) is 23.8 Å². The standard InChI is InChI=1S/C15H22N2O3/c1-10(13-5-3-4-8-17(13)2)20-14-7-6-11(15(18)19)9-12(14)16/h6-7,9-10,13H,3-5,8,16H2,1-2H3,(H,18,19). The molecule has 1 heterocycles. The lowest BCUT2D eigenvalue weighted by Gasteiger charge is -2.36. The Hall–Kier alpha value is -1.75. The molecule has 3 N–H and O–H groups in total. The van der Waals surface area contributed by atoms with Crippen LogP contribution < -0.4 is 10.5 Å². The minimum absolute atomic E-state index is 0.0262. The number of piperidine rings is 1. The van der Waals surface area contributed by atoms with Crippen LogP contribution in [0.4, 0.5) is 5.69 Å². The lowest BCUT2D eigenvalue weighted by molar-refractivity contribution is 0.0686. The van der Waals surface area contributed by atoms with Crippen LogP contribution in [0.5, 0.6) is 5.75 Å². The molecule has 1 saturated heterocycles. The number of carbonyl (C=O) groups is 1. The van der Waals surface area contributed by atoms with E-state index in [1.54, 1.807) is 6.07 Å². The number of hydrogen-bond donors (Lipinski definition) is 2. The highest BCUT2D eigenvalue weighted by atomic mass is 16.5. The summed E-state index contributed by atoms with van der Waals surface area (Å²) in [5.41, 5.74) is 6.42. The van der Waals surface area contributed by atoms with Crippen molar-refractivity contribution in [3.63, 3.8) is 0 Å². The molecule has 0 amide bonds. The van der Waals surface area contributed by atoms with Gasteiger partial charge in [0.2, 0.25) is 0 Å². The van der Waals surface area contributed by atoms with E-state index in [0.29, 0.717) is 17.5 Å². The minimum Gasteiger partial charge on any atom is -0.487 e. The molecule has 0 saturated carbocycles. The van der Waals surface area contributed by atoms with Gasteiger partial charge in [0.1, 0.15) is 11.9 Å². The number of likely N-dealkylation sites (N-methyl/N-ethyl adjacent to an activating group) is 1. The second kappa shape index (κ2) is 6.13. The summed E-state index contributed by atoms with van der Waals surface area (Å²) in [6, 6.07) is 4.97. The number of likely N-dealkylation sites (tertiary alicyclic amines) is 1. The summed E-state index contributed by atoms with van der Waals surface area (Å²) in [6.07, 6.45) is 3.59. The number of nitrogen functional groups attached to an aromatic ring is 1. The molecule has 0 spiro atoms. The summed E-state index contributed by atoms with van der Waals surface area (Å²) in [4.78, 5) is 13.2. The molecule has 1 aromatic rings. The molecule has 1 aliphatic heterocycles. The molecule has 5 heteroatoms. The van der Waals surface area contributed by atoms with Gasteiger partial charge < -0.3 is 15.6 Å². The van der Waals surface area contributed by atoms with Gasteiger partial charge >= 0.3 is 5.97 Å². The van der Waals surface area contributed by atoms with E-state index in [9.17, 15) is 4.79 Å². The normalized spacial score (nSPS) is 21.4. The Bertz CT molecular complexity index is 490. The van der Waals surface area contributed by atoms with Gasteiger partial charge in [0, 0.05) is 6.04 Å². The van der Waals surface area contributed by atoms with Crippen LogP contribution in [0.25, 0.3) is 0 Å². The number of carboxylic acids is 1. The highest BCUT2D eigenvalue weighted by Gasteiger charge is 2.26. The Morgan fingerprint density at radius 3 is 2.85 bits per heavy atom. The topological polar surface area (TPSA) is 75.8 Å². The van der Waals surface area contributed by atoms with Gasteiger partial charge in [-0.05, 0) is 51.6 Å². The molecule has 0 bridgehead atoms. The van der Waals surface area contributed by atoms with Gasteiger partial charge in [-0.3, -0.25) is 4.90 Å². The van der Waals surface area contributed by atoms with Crippen molar-refractivity contribution in [2.75, 3.05) is 19.3 Å². The van der Waals surface area contributed by atoms with Crippen LogP contribution in [0.15, 0.2) is 18.2 Å². The third-order valence-corrected chi connectivity index (χ3v) is 3.94. The van der Waals surface area contributed by atoms with Crippen molar-refractivity contribution in [1.82, 2.24) is 4.90 Å². The van der Waals surface area contributed by atoms with Gasteiger partial charge in [0.15, 0.2) is 0 Å². The van der Waals surface area contributed by atoms with Gasteiger partial charge in [0.05, 0.1) is 11.3 Å². The van der Waals surface area contributed by atoms with Gasteiger partial charge in [-0.1, -0.05) is 6.42 Å². The molecule has 0 aromatic heterocycles. The van der Waals surface area contributed by atoms with E-state index >= 15 is 0 Å². The largest absolute Gasteiger partial charge is 0.487 e. The molecule has 1 aromatic carbocycles. The van der Waals surface area contributed by atoms with Crippen LogP contribution in [0.2, 0.25) is 0 Å². The molecule has 0 radical (unpaired) electrons. The Kier molecular flexibility index (Phi) is 4.49. The highest BCUT2D eigenvalue weighted by molar-refractivity contribution is 5.89. The molecule has 110 valence electrons. The Balaban J connectivity index is 2.07. The summed E-state index contributed by atoms with van der Waals surface area (Å²) in [5.74, 6) is -0.426. The summed E-state index contributed by atoms with van der Waals surface area (Å²) in [7, 11) is 2.11. The molecule has 2 atom stereocenters. The second-order valence-corrected chi connectivity index (χ2v) is 5.42. The monoisotopic (exact) mass is 278 g/mol. The van der Waals surface area contributed by atoms with Crippen molar-refractivity contribution in [2.45, 2.75) is 38.3 Å². The maximum absolute atomic E-state index is 10.9. The fraction of sp³-hybridized carbons (Fsp3) is 0.533. The van der Waals surface area contributed by atoms with Crippen LogP contribution in [0, 0.1) is 0 Å². The summed E-state index contributed by atoms with van der Waals surface area (Å²) in [5, 5.41) is 8.92. The average Bonchev–Trinajstić information content (AvgIpc) is 2.41. The highest BCUT2D eigenvalue weighted by Crippen LogP contribution is 2.27. The summed E-state index contributed by atoms with van der Waals surface area (Å²) in [6.45, 7) is 3.13. The molecular weight excluding hydrogens is 256 g/mol. The van der Waals surface area contributed by atoms with Crippen LogP contribution in [-0.4, -0.2) is 41.7 Å². The molecule has 2 unspecified atom stereocenters. The Morgan fingerprint density at radius 2 is 2.25 bits per heavy atom. The predicted molar refractivity (Wildman–Crippen MR) is 78.2 cm³/mol. The van der Waals surface area contributed by atoms with Crippen LogP contribution in [-0.2, 0) is 0 Å². The molecular formula is C15H22N2O3. The lowest BCUT2D eigenvalue weighted by atomic mass is 9.99. The maximum Gasteiger partial charge on any atom is 0.335 e. The number of aromatic carboxylic acids is 1. The van der Waals surface area contributed by atoms with Gasteiger partial charge in [-0.15, -0.1) is 0 Å². The van der Waals surface area contributed by atoms with Crippen molar-refractivity contribution < 1.29 is 14.6 Å². The van der Waals surface area contributed by atoms with E-state index in [1.165, 1.54) is 25.0 Å². The first kappa shape index (κ1) is 14.7. The Morgan fingerprint density at radius 1 is 1.50 bits per heavy atom. The number of hydrogen-bond acceptors (Lipinski definition) is 4. The lowest BCUT2D eigenvalue weighted by Crippen LogP contribution is -2.45. The SMILES string of the molecule is CC(Oc1ccc(C(=O)O)cc1N)C1CCCCN1C. The number of ether oxygens (including phenoxy) is 1. The fourth-order valence-corrected chi connectivity index (χ4v) is 2.76. The van der Waals surface area contributed by atoms with E-state index in [-0.39, 0.29) is 11.7 Å². The average molecular weight is 278 g/mol. The third kappa shape index (κ3) is 3.22. The zero-order chi connectivity index (χ0) is 14.7. The first-order valence-electron chi connectivity index (χ1n) is 6.98. The molecule has 0 aliphatic carbocycles. The zero-order valence-electron chi connectivity index (χ0n) is 12.0. The van der Waals surface area contributed by atoms with Crippen LogP contribution >= 0.6 is 0 Å². The first-order chi connectivity index (χ1) is 9.49. The molecule has 5 nitrogen and oxygen atoms in total. The molecule has 1 fully saturated rings. The smallest absolute Gasteiger partial charge is 0.335 e. The summed E-state index contributed by atoms with van der Waals surface area (Å²) >= 11 is 0. The predicted octanol–water partition coefficient (Wildman–Crippen LogP) is 2.22.